The molecule has 0 bridgehead atoms. The van der Waals surface area contributed by atoms with Crippen LogP contribution in [0.1, 0.15) is 48.4 Å². The van der Waals surface area contributed by atoms with E-state index in [0.717, 1.165) is 49.2 Å². The van der Waals surface area contributed by atoms with Gasteiger partial charge in [0.05, 0.1) is 12.3 Å². The summed E-state index contributed by atoms with van der Waals surface area (Å²) in [5.41, 5.74) is 3.05. The molecule has 2 aliphatic heterocycles. The Bertz CT molecular complexity index is 876. The zero-order valence-electron chi connectivity index (χ0n) is 16.6. The van der Waals surface area contributed by atoms with E-state index in [9.17, 15) is 9.18 Å². The fourth-order valence-electron chi connectivity index (χ4n) is 4.15. The first-order valence-corrected chi connectivity index (χ1v) is 10.4. The van der Waals surface area contributed by atoms with Gasteiger partial charge in [-0.25, -0.2) is 4.39 Å². The van der Waals surface area contributed by atoms with E-state index in [4.69, 9.17) is 4.74 Å². The average molecular weight is 394 g/mol. The minimum Gasteiger partial charge on any atom is -0.491 e. The van der Waals surface area contributed by atoms with Gasteiger partial charge in [-0.15, -0.1) is 0 Å². The van der Waals surface area contributed by atoms with Crippen molar-refractivity contribution in [1.82, 2.24) is 10.2 Å². The van der Waals surface area contributed by atoms with E-state index in [-0.39, 0.29) is 5.82 Å². The van der Waals surface area contributed by atoms with Crippen LogP contribution in [0.2, 0.25) is 0 Å². The van der Waals surface area contributed by atoms with Crippen LogP contribution < -0.4 is 5.32 Å². The number of piperidine rings is 1. The molecule has 0 radical (unpaired) electrons. The highest BCUT2D eigenvalue weighted by Crippen LogP contribution is 2.36. The normalized spacial score (nSPS) is 19.4. The van der Waals surface area contributed by atoms with Gasteiger partial charge in [0.2, 0.25) is 0 Å². The lowest BCUT2D eigenvalue weighted by atomic mass is 9.92. The van der Waals surface area contributed by atoms with Crippen molar-refractivity contribution >= 4 is 17.7 Å². The van der Waals surface area contributed by atoms with Crippen LogP contribution in [0.5, 0.6) is 0 Å². The molecule has 0 aliphatic carbocycles. The standard InChI is InChI=1S/C24H27FN2O2/c25-19-10-11-20-21(16-19)24(29-15-7-14-27-12-5-2-6-13-27)23(26-22(20)17-28)18-8-3-1-4-9-18/h1,3-4,8-11,16-17,22,26H,2,5-7,12-15H2. The summed E-state index contributed by atoms with van der Waals surface area (Å²) >= 11 is 0. The summed E-state index contributed by atoms with van der Waals surface area (Å²) in [6.45, 7) is 3.88. The monoisotopic (exact) mass is 394 g/mol. The number of rotatable bonds is 7. The van der Waals surface area contributed by atoms with Crippen molar-refractivity contribution in [2.24, 2.45) is 0 Å². The third-order valence-corrected chi connectivity index (χ3v) is 5.63. The SMILES string of the molecule is O=CC1NC(c2ccccc2)=C(OCCCN2CCCCC2)c2cc(F)ccc21. The Balaban J connectivity index is 1.59. The van der Waals surface area contributed by atoms with Gasteiger partial charge in [0.1, 0.15) is 18.1 Å². The summed E-state index contributed by atoms with van der Waals surface area (Å²) in [4.78, 5) is 14.2. The molecule has 2 aromatic carbocycles. The smallest absolute Gasteiger partial charge is 0.150 e. The van der Waals surface area contributed by atoms with Crippen molar-refractivity contribution in [1.29, 1.82) is 0 Å². The number of nitrogens with zero attached hydrogens (tertiary/aromatic N) is 1. The van der Waals surface area contributed by atoms with Gasteiger partial charge in [0.15, 0.2) is 5.76 Å². The molecule has 1 unspecified atom stereocenters. The van der Waals surface area contributed by atoms with Crippen LogP contribution in [0, 0.1) is 5.82 Å². The van der Waals surface area contributed by atoms with E-state index in [1.54, 1.807) is 6.07 Å². The molecule has 2 heterocycles. The fraction of sp³-hybridized carbons (Fsp3) is 0.375. The van der Waals surface area contributed by atoms with Gasteiger partial charge >= 0.3 is 0 Å². The molecule has 2 aromatic rings. The van der Waals surface area contributed by atoms with Crippen molar-refractivity contribution < 1.29 is 13.9 Å². The lowest BCUT2D eigenvalue weighted by Crippen LogP contribution is -2.31. The van der Waals surface area contributed by atoms with Crippen LogP contribution in [0.4, 0.5) is 4.39 Å². The molecule has 1 fully saturated rings. The van der Waals surface area contributed by atoms with Crippen molar-refractivity contribution in [2.45, 2.75) is 31.7 Å². The van der Waals surface area contributed by atoms with E-state index < -0.39 is 6.04 Å². The number of nitrogens with one attached hydrogen (secondary N) is 1. The summed E-state index contributed by atoms with van der Waals surface area (Å²) in [6, 6.07) is 13.7. The molecule has 0 amide bonds. The quantitative estimate of drug-likeness (QED) is 0.559. The van der Waals surface area contributed by atoms with Gasteiger partial charge in [-0.05, 0) is 50.0 Å². The van der Waals surface area contributed by atoms with E-state index in [2.05, 4.69) is 10.2 Å². The third-order valence-electron chi connectivity index (χ3n) is 5.63. The van der Waals surface area contributed by atoms with Gasteiger partial charge in [-0.2, -0.15) is 0 Å². The second kappa shape index (κ2) is 9.23. The first-order chi connectivity index (χ1) is 14.3. The zero-order valence-corrected chi connectivity index (χ0v) is 16.6. The second-order valence-electron chi connectivity index (χ2n) is 7.66. The largest absolute Gasteiger partial charge is 0.491 e. The number of carbonyl (C=O) groups is 1. The maximum Gasteiger partial charge on any atom is 0.150 e. The lowest BCUT2D eigenvalue weighted by Gasteiger charge is -2.30. The Hall–Kier alpha value is -2.66. The molecule has 2 aliphatic rings. The maximum absolute atomic E-state index is 14.1. The van der Waals surface area contributed by atoms with Gasteiger partial charge in [-0.1, -0.05) is 42.8 Å². The van der Waals surface area contributed by atoms with Crippen LogP contribution in [0.3, 0.4) is 0 Å². The zero-order chi connectivity index (χ0) is 20.1. The number of halogens is 1. The van der Waals surface area contributed by atoms with E-state index in [1.165, 1.54) is 31.4 Å². The molecular formula is C24H27FN2O2. The molecule has 4 nitrogen and oxygen atoms in total. The molecule has 5 heteroatoms. The van der Waals surface area contributed by atoms with Gasteiger partial charge in [0, 0.05) is 17.7 Å². The third kappa shape index (κ3) is 4.51. The highest BCUT2D eigenvalue weighted by molar-refractivity contribution is 5.92. The predicted octanol–water partition coefficient (Wildman–Crippen LogP) is 4.39. The highest BCUT2D eigenvalue weighted by Gasteiger charge is 2.28. The Labute approximate surface area is 171 Å². The van der Waals surface area contributed by atoms with Gasteiger partial charge in [0.25, 0.3) is 0 Å². The Morgan fingerprint density at radius 1 is 1.10 bits per heavy atom. The summed E-state index contributed by atoms with van der Waals surface area (Å²) in [5.74, 6) is 0.277. The number of hydrogen-bond acceptors (Lipinski definition) is 4. The minimum atomic E-state index is -0.526. The predicted molar refractivity (Wildman–Crippen MR) is 112 cm³/mol. The molecule has 0 aromatic heterocycles. The average Bonchev–Trinajstić information content (AvgIpc) is 2.77. The summed E-state index contributed by atoms with van der Waals surface area (Å²) in [5, 5.41) is 3.29. The van der Waals surface area contributed by atoms with Gasteiger partial charge < -0.3 is 19.7 Å². The van der Waals surface area contributed by atoms with Crippen LogP contribution in [-0.4, -0.2) is 37.4 Å². The molecule has 0 spiro atoms. The number of carbonyl (C=O) groups excluding carboxylic acids is 1. The summed E-state index contributed by atoms with van der Waals surface area (Å²) in [6.07, 6.45) is 5.63. The van der Waals surface area contributed by atoms with Crippen LogP contribution >= 0.6 is 0 Å². The number of ether oxygens (including phenoxy) is 1. The molecule has 4 rings (SSSR count). The lowest BCUT2D eigenvalue weighted by molar-refractivity contribution is -0.109. The van der Waals surface area contributed by atoms with E-state index in [1.807, 2.05) is 30.3 Å². The Morgan fingerprint density at radius 2 is 1.90 bits per heavy atom. The number of aldehydes is 1. The number of benzene rings is 2. The first-order valence-electron chi connectivity index (χ1n) is 10.4. The highest BCUT2D eigenvalue weighted by atomic mass is 19.1. The van der Waals surface area contributed by atoms with Crippen molar-refractivity contribution in [3.63, 3.8) is 0 Å². The van der Waals surface area contributed by atoms with Crippen molar-refractivity contribution in [3.05, 3.63) is 71.0 Å². The fourth-order valence-corrected chi connectivity index (χ4v) is 4.15. The van der Waals surface area contributed by atoms with Crippen molar-refractivity contribution in [2.75, 3.05) is 26.2 Å². The molecule has 1 saturated heterocycles. The van der Waals surface area contributed by atoms with E-state index in [0.29, 0.717) is 17.9 Å². The van der Waals surface area contributed by atoms with Gasteiger partial charge in [-0.3, -0.25) is 0 Å². The molecular weight excluding hydrogens is 367 g/mol. The maximum atomic E-state index is 14.1. The number of hydrogen-bond donors (Lipinski definition) is 1. The first kappa shape index (κ1) is 19.6. The number of fused-ring (bicyclic) bond motifs is 1. The number of likely N-dealkylation sites (tertiary alicyclic amines) is 1. The second-order valence-corrected chi connectivity index (χ2v) is 7.66. The Kier molecular flexibility index (Phi) is 6.25. The van der Waals surface area contributed by atoms with Crippen LogP contribution in [0.15, 0.2) is 48.5 Å². The molecule has 1 atom stereocenters. The minimum absolute atomic E-state index is 0.336. The summed E-state index contributed by atoms with van der Waals surface area (Å²) < 4.78 is 20.3. The summed E-state index contributed by atoms with van der Waals surface area (Å²) in [7, 11) is 0. The molecule has 29 heavy (non-hydrogen) atoms. The topological polar surface area (TPSA) is 41.6 Å². The van der Waals surface area contributed by atoms with Crippen LogP contribution in [-0.2, 0) is 9.53 Å². The molecule has 1 N–H and O–H groups in total. The Morgan fingerprint density at radius 3 is 2.66 bits per heavy atom. The van der Waals surface area contributed by atoms with E-state index >= 15 is 0 Å². The molecule has 152 valence electrons. The van der Waals surface area contributed by atoms with Crippen LogP contribution in [0.25, 0.3) is 11.5 Å². The molecule has 0 saturated carbocycles. The van der Waals surface area contributed by atoms with Crippen molar-refractivity contribution in [3.8, 4) is 0 Å².